The Morgan fingerprint density at radius 1 is 1.30 bits per heavy atom. The maximum absolute atomic E-state index is 12.6. The summed E-state index contributed by atoms with van der Waals surface area (Å²) in [5.74, 6) is 0.563. The Kier molecular flexibility index (Phi) is 7.19. The molecule has 1 amide bonds. The lowest BCUT2D eigenvalue weighted by Gasteiger charge is -2.10. The summed E-state index contributed by atoms with van der Waals surface area (Å²) in [6, 6.07) is 12.6. The number of nitrogens with zero attached hydrogens (tertiary/aromatic N) is 1. The Labute approximate surface area is 180 Å². The van der Waals surface area contributed by atoms with Crippen molar-refractivity contribution in [2.45, 2.75) is 32.9 Å². The lowest BCUT2D eigenvalue weighted by molar-refractivity contribution is 0.0951. The van der Waals surface area contributed by atoms with E-state index in [-0.39, 0.29) is 11.5 Å². The molecule has 2 N–H and O–H groups in total. The lowest BCUT2D eigenvalue weighted by Crippen LogP contribution is -2.24. The molecule has 1 heterocycles. The molecule has 2 aromatic carbocycles. The second-order valence-corrected chi connectivity index (χ2v) is 7.31. The van der Waals surface area contributed by atoms with Crippen LogP contribution in [0.3, 0.4) is 0 Å². The van der Waals surface area contributed by atoms with Gasteiger partial charge in [-0.3, -0.25) is 14.2 Å². The summed E-state index contributed by atoms with van der Waals surface area (Å²) < 4.78 is 7.44. The van der Waals surface area contributed by atoms with E-state index in [1.807, 2.05) is 24.3 Å². The number of amides is 1. The van der Waals surface area contributed by atoms with Crippen LogP contribution in [-0.2, 0) is 13.1 Å². The Hall–Kier alpha value is -3.19. The first-order valence-electron chi connectivity index (χ1n) is 9.91. The first-order chi connectivity index (χ1) is 14.5. The highest BCUT2D eigenvalue weighted by Gasteiger charge is 2.10. The van der Waals surface area contributed by atoms with Gasteiger partial charge in [0, 0.05) is 18.7 Å². The van der Waals surface area contributed by atoms with E-state index in [1.54, 1.807) is 24.3 Å². The van der Waals surface area contributed by atoms with Crippen molar-refractivity contribution >= 4 is 29.0 Å². The fraction of sp³-hybridized carbons (Fsp3) is 0.261. The summed E-state index contributed by atoms with van der Waals surface area (Å²) in [4.78, 5) is 28.2. The maximum atomic E-state index is 12.6. The van der Waals surface area contributed by atoms with Gasteiger partial charge in [-0.25, -0.2) is 0 Å². The number of unbranched alkanes of at least 4 members (excludes halogenated alkanes) is 1. The van der Waals surface area contributed by atoms with Crippen molar-refractivity contribution in [2.75, 3.05) is 6.61 Å². The van der Waals surface area contributed by atoms with Crippen LogP contribution in [-0.4, -0.2) is 22.1 Å². The minimum atomic E-state index is -0.233. The zero-order chi connectivity index (χ0) is 21.5. The van der Waals surface area contributed by atoms with E-state index in [4.69, 9.17) is 17.0 Å². The number of aromatic nitrogens is 2. The van der Waals surface area contributed by atoms with Crippen LogP contribution in [0.5, 0.6) is 5.75 Å². The monoisotopic (exact) mass is 423 g/mol. The van der Waals surface area contributed by atoms with E-state index >= 15 is 0 Å². The summed E-state index contributed by atoms with van der Waals surface area (Å²) in [6.07, 6.45) is 3.70. The molecule has 0 radical (unpaired) electrons. The average Bonchev–Trinajstić information content (AvgIpc) is 2.75. The lowest BCUT2D eigenvalue weighted by atomic mass is 10.1. The summed E-state index contributed by atoms with van der Waals surface area (Å²) in [6.45, 7) is 7.14. The number of fused-ring (bicyclic) bond motifs is 1. The molecule has 6 nitrogen and oxygen atoms in total. The van der Waals surface area contributed by atoms with Crippen LogP contribution >= 0.6 is 12.2 Å². The van der Waals surface area contributed by atoms with E-state index in [0.29, 0.717) is 40.9 Å². The third-order valence-corrected chi connectivity index (χ3v) is 5.00. The normalized spacial score (nSPS) is 10.7. The van der Waals surface area contributed by atoms with Gasteiger partial charge >= 0.3 is 0 Å². The van der Waals surface area contributed by atoms with Crippen LogP contribution in [0.4, 0.5) is 0 Å². The number of ether oxygens (including phenoxy) is 1. The first kappa shape index (κ1) is 21.5. The Balaban J connectivity index is 1.73. The number of carbonyl (C=O) groups excluding carboxylic acids is 1. The van der Waals surface area contributed by atoms with Gasteiger partial charge in [0.15, 0.2) is 4.77 Å². The molecule has 0 aliphatic rings. The van der Waals surface area contributed by atoms with Crippen LogP contribution in [0.1, 0.15) is 35.7 Å². The second kappa shape index (κ2) is 10.0. The number of allylic oxidation sites excluding steroid dienone is 1. The van der Waals surface area contributed by atoms with E-state index in [1.165, 1.54) is 4.57 Å². The quantitative estimate of drug-likeness (QED) is 0.305. The molecular formula is C23H25N3O3S. The standard InChI is InChI=1S/C23H25N3O3S/c1-3-5-12-29-18-8-6-7-16(13-18)15-24-21(27)17-9-10-19-20(14-17)25-23(30)26(11-4-2)22(19)28/h4,6-10,13-14H,2-3,5,11-12,15H2,1H3,(H,24,27)(H,25,30). The van der Waals surface area contributed by atoms with Crippen LogP contribution in [0, 0.1) is 4.77 Å². The molecule has 3 aromatic rings. The zero-order valence-corrected chi connectivity index (χ0v) is 17.8. The Morgan fingerprint density at radius 2 is 2.13 bits per heavy atom. The molecule has 0 atom stereocenters. The molecule has 3 rings (SSSR count). The molecule has 7 heteroatoms. The minimum Gasteiger partial charge on any atom is -0.494 e. The number of aromatic amines is 1. The van der Waals surface area contributed by atoms with Gasteiger partial charge in [0.2, 0.25) is 0 Å². The fourth-order valence-corrected chi connectivity index (χ4v) is 3.32. The first-order valence-corrected chi connectivity index (χ1v) is 10.3. The van der Waals surface area contributed by atoms with Gasteiger partial charge in [-0.05, 0) is 54.5 Å². The van der Waals surface area contributed by atoms with Gasteiger partial charge in [0.05, 0.1) is 17.5 Å². The zero-order valence-electron chi connectivity index (χ0n) is 16.9. The minimum absolute atomic E-state index is 0.208. The van der Waals surface area contributed by atoms with Gasteiger partial charge < -0.3 is 15.0 Å². The second-order valence-electron chi connectivity index (χ2n) is 6.93. The van der Waals surface area contributed by atoms with E-state index < -0.39 is 0 Å². The number of hydrogen-bond donors (Lipinski definition) is 2. The molecular weight excluding hydrogens is 398 g/mol. The van der Waals surface area contributed by atoms with E-state index in [9.17, 15) is 9.59 Å². The number of hydrogen-bond acceptors (Lipinski definition) is 4. The molecule has 0 aliphatic heterocycles. The molecule has 30 heavy (non-hydrogen) atoms. The highest BCUT2D eigenvalue weighted by Crippen LogP contribution is 2.15. The number of nitrogens with one attached hydrogen (secondary N) is 2. The molecule has 0 saturated heterocycles. The predicted molar refractivity (Wildman–Crippen MR) is 122 cm³/mol. The van der Waals surface area contributed by atoms with Crippen LogP contribution in [0.25, 0.3) is 10.9 Å². The molecule has 0 saturated carbocycles. The smallest absolute Gasteiger partial charge is 0.262 e. The number of carbonyl (C=O) groups is 1. The van der Waals surface area contributed by atoms with Crippen molar-refractivity contribution in [3.05, 3.63) is 81.4 Å². The van der Waals surface area contributed by atoms with Crippen molar-refractivity contribution in [3.8, 4) is 5.75 Å². The molecule has 0 aliphatic carbocycles. The number of rotatable bonds is 9. The fourth-order valence-electron chi connectivity index (χ4n) is 3.05. The average molecular weight is 424 g/mol. The van der Waals surface area contributed by atoms with Crippen molar-refractivity contribution < 1.29 is 9.53 Å². The topological polar surface area (TPSA) is 76.1 Å². The number of benzene rings is 2. The molecule has 0 spiro atoms. The van der Waals surface area contributed by atoms with Crippen molar-refractivity contribution in [3.63, 3.8) is 0 Å². The highest BCUT2D eigenvalue weighted by atomic mass is 32.1. The number of H-pyrrole nitrogens is 1. The van der Waals surface area contributed by atoms with Crippen LogP contribution < -0.4 is 15.6 Å². The van der Waals surface area contributed by atoms with Crippen LogP contribution in [0.2, 0.25) is 0 Å². The van der Waals surface area contributed by atoms with E-state index in [0.717, 1.165) is 24.2 Å². The highest BCUT2D eigenvalue weighted by molar-refractivity contribution is 7.71. The third kappa shape index (κ3) is 5.04. The van der Waals surface area contributed by atoms with Gasteiger partial charge in [-0.15, -0.1) is 6.58 Å². The molecule has 156 valence electrons. The summed E-state index contributed by atoms with van der Waals surface area (Å²) in [7, 11) is 0. The molecule has 1 aromatic heterocycles. The third-order valence-electron chi connectivity index (χ3n) is 4.67. The van der Waals surface area contributed by atoms with Gasteiger partial charge in [-0.2, -0.15) is 0 Å². The van der Waals surface area contributed by atoms with E-state index in [2.05, 4.69) is 23.8 Å². The summed E-state index contributed by atoms with van der Waals surface area (Å²) in [5, 5.41) is 3.38. The SMILES string of the molecule is C=CCn1c(=S)[nH]c2cc(C(=O)NCc3cccc(OCCCC)c3)ccc2c1=O. The molecule has 0 bridgehead atoms. The van der Waals surface area contributed by atoms with Crippen LogP contribution in [0.15, 0.2) is 59.9 Å². The van der Waals surface area contributed by atoms with Crippen molar-refractivity contribution in [1.82, 2.24) is 14.9 Å². The molecule has 0 unspecified atom stereocenters. The predicted octanol–water partition coefficient (Wildman–Crippen LogP) is 4.35. The van der Waals surface area contributed by atoms with Crippen molar-refractivity contribution in [2.24, 2.45) is 0 Å². The Morgan fingerprint density at radius 3 is 2.90 bits per heavy atom. The van der Waals surface area contributed by atoms with Gasteiger partial charge in [0.25, 0.3) is 11.5 Å². The van der Waals surface area contributed by atoms with Gasteiger partial charge in [-0.1, -0.05) is 31.6 Å². The van der Waals surface area contributed by atoms with Gasteiger partial charge in [0.1, 0.15) is 5.75 Å². The van der Waals surface area contributed by atoms with Crippen molar-refractivity contribution in [1.29, 1.82) is 0 Å². The summed E-state index contributed by atoms with van der Waals surface area (Å²) >= 11 is 5.25. The largest absolute Gasteiger partial charge is 0.494 e. The maximum Gasteiger partial charge on any atom is 0.262 e. The molecule has 0 fully saturated rings. The Bertz CT molecular complexity index is 1180. The summed E-state index contributed by atoms with van der Waals surface area (Å²) in [5.41, 5.74) is 1.72.